The van der Waals surface area contributed by atoms with Gasteiger partial charge >= 0.3 is 0 Å². The van der Waals surface area contributed by atoms with E-state index in [0.29, 0.717) is 37.6 Å². The van der Waals surface area contributed by atoms with Gasteiger partial charge in [0, 0.05) is 38.1 Å². The van der Waals surface area contributed by atoms with E-state index in [1.807, 2.05) is 61.5 Å². The fourth-order valence-corrected chi connectivity index (χ4v) is 5.97. The summed E-state index contributed by atoms with van der Waals surface area (Å²) < 4.78 is 27.8. The third kappa shape index (κ3) is 5.11. The molecule has 1 aromatic heterocycles. The van der Waals surface area contributed by atoms with E-state index >= 15 is 0 Å². The van der Waals surface area contributed by atoms with Crippen molar-refractivity contribution in [2.45, 2.75) is 31.3 Å². The number of nitrogens with zero attached hydrogens (tertiary/aromatic N) is 4. The van der Waals surface area contributed by atoms with Crippen LogP contribution in [0.15, 0.2) is 83.8 Å². The molecule has 0 amide bonds. The van der Waals surface area contributed by atoms with Crippen molar-refractivity contribution in [1.82, 2.24) is 19.2 Å². The van der Waals surface area contributed by atoms with Gasteiger partial charge in [0.15, 0.2) is 0 Å². The quantitative estimate of drug-likeness (QED) is 0.398. The van der Waals surface area contributed by atoms with E-state index in [9.17, 15) is 8.42 Å². The number of benzene rings is 3. The van der Waals surface area contributed by atoms with E-state index in [1.165, 1.54) is 5.56 Å². The predicted octanol–water partition coefficient (Wildman–Crippen LogP) is 4.62. The molecule has 3 aromatic carbocycles. The largest absolute Gasteiger partial charge is 0.365 e. The van der Waals surface area contributed by atoms with Gasteiger partial charge in [-0.15, -0.1) is 0 Å². The zero-order chi connectivity index (χ0) is 25.1. The fraction of sp³-hybridized carbons (Fsp3) is 0.286. The highest BCUT2D eigenvalue weighted by atomic mass is 32.2. The number of rotatable bonds is 7. The second-order valence-electron chi connectivity index (χ2n) is 9.22. The van der Waals surface area contributed by atoms with Gasteiger partial charge in [-0.25, -0.2) is 18.4 Å². The van der Waals surface area contributed by atoms with Crippen LogP contribution in [0.4, 0.5) is 5.82 Å². The molecule has 1 aliphatic heterocycles. The molecule has 8 heteroatoms. The Hall–Kier alpha value is -3.33. The summed E-state index contributed by atoms with van der Waals surface area (Å²) in [5.41, 5.74) is 3.12. The predicted molar refractivity (Wildman–Crippen MR) is 143 cm³/mol. The van der Waals surface area contributed by atoms with Crippen molar-refractivity contribution < 1.29 is 8.42 Å². The molecule has 1 atom stereocenters. The van der Waals surface area contributed by atoms with Crippen LogP contribution in [0.1, 0.15) is 29.9 Å². The van der Waals surface area contributed by atoms with Crippen LogP contribution in [-0.2, 0) is 16.6 Å². The van der Waals surface area contributed by atoms with Crippen LogP contribution < -0.4 is 5.32 Å². The monoisotopic (exact) mass is 501 g/mol. The van der Waals surface area contributed by atoms with Crippen molar-refractivity contribution in [2.75, 3.05) is 31.5 Å². The van der Waals surface area contributed by atoms with Crippen molar-refractivity contribution >= 4 is 26.7 Å². The van der Waals surface area contributed by atoms with E-state index in [4.69, 9.17) is 9.97 Å². The number of nitrogens with one attached hydrogen (secondary N) is 1. The molecule has 1 fully saturated rings. The average molecular weight is 502 g/mol. The standard InChI is InChI=1S/C28H31N5O2S/c1-21-12-14-24(15-13-21)36(34,35)33-18-16-32(17-19-33)22(2)27-30-26-11-7-6-10-25(26)28(31-27)29-20-23-8-4-3-5-9-23/h3-15,22H,16-20H2,1-2H3,(H,29,30,31)/t22-/m1/s1. The van der Waals surface area contributed by atoms with Crippen molar-refractivity contribution in [2.24, 2.45) is 0 Å². The molecule has 1 aliphatic rings. The lowest BCUT2D eigenvalue weighted by Crippen LogP contribution is -2.49. The topological polar surface area (TPSA) is 78.4 Å². The molecule has 7 nitrogen and oxygen atoms in total. The first-order valence-corrected chi connectivity index (χ1v) is 13.7. The maximum absolute atomic E-state index is 13.1. The molecule has 0 aliphatic carbocycles. The Bertz CT molecular complexity index is 1430. The Kier molecular flexibility index (Phi) is 7.00. The number of sulfonamides is 1. The number of piperazine rings is 1. The van der Waals surface area contributed by atoms with Crippen molar-refractivity contribution in [3.8, 4) is 0 Å². The first-order chi connectivity index (χ1) is 17.4. The lowest BCUT2D eigenvalue weighted by atomic mass is 10.2. The summed E-state index contributed by atoms with van der Waals surface area (Å²) in [6, 6.07) is 25.3. The van der Waals surface area contributed by atoms with E-state index in [2.05, 4.69) is 29.3 Å². The summed E-state index contributed by atoms with van der Waals surface area (Å²) in [6.07, 6.45) is 0. The van der Waals surface area contributed by atoms with Gasteiger partial charge in [-0.1, -0.05) is 60.2 Å². The normalized spacial score (nSPS) is 16.2. The van der Waals surface area contributed by atoms with Crippen LogP contribution in [0.25, 0.3) is 10.9 Å². The summed E-state index contributed by atoms with van der Waals surface area (Å²) in [6.45, 7) is 6.83. The molecule has 0 radical (unpaired) electrons. The molecule has 0 unspecified atom stereocenters. The van der Waals surface area contributed by atoms with Gasteiger partial charge < -0.3 is 5.32 Å². The van der Waals surface area contributed by atoms with Gasteiger partial charge in [0.25, 0.3) is 0 Å². The summed E-state index contributed by atoms with van der Waals surface area (Å²) in [4.78, 5) is 12.4. The van der Waals surface area contributed by atoms with Gasteiger partial charge in [-0.05, 0) is 43.7 Å². The minimum atomic E-state index is -3.50. The molecule has 2 heterocycles. The van der Waals surface area contributed by atoms with Crippen molar-refractivity contribution in [3.63, 3.8) is 0 Å². The van der Waals surface area contributed by atoms with E-state index in [-0.39, 0.29) is 6.04 Å². The third-order valence-corrected chi connectivity index (χ3v) is 8.69. The number of anilines is 1. The summed E-state index contributed by atoms with van der Waals surface area (Å²) in [5, 5.41) is 4.48. The summed E-state index contributed by atoms with van der Waals surface area (Å²) in [7, 11) is -3.50. The van der Waals surface area contributed by atoms with E-state index < -0.39 is 10.0 Å². The fourth-order valence-electron chi connectivity index (χ4n) is 4.55. The van der Waals surface area contributed by atoms with Crippen LogP contribution in [0.5, 0.6) is 0 Å². The summed E-state index contributed by atoms with van der Waals surface area (Å²) in [5.74, 6) is 1.55. The van der Waals surface area contributed by atoms with Gasteiger partial charge in [0.2, 0.25) is 10.0 Å². The molecule has 186 valence electrons. The van der Waals surface area contributed by atoms with Crippen LogP contribution >= 0.6 is 0 Å². The molecular formula is C28H31N5O2S. The van der Waals surface area contributed by atoms with Crippen LogP contribution in [0, 0.1) is 6.92 Å². The maximum atomic E-state index is 13.1. The van der Waals surface area contributed by atoms with Crippen LogP contribution in [-0.4, -0.2) is 53.8 Å². The SMILES string of the molecule is Cc1ccc(S(=O)(=O)N2CCN([C@H](C)c3nc(NCc4ccccc4)c4ccccc4n3)CC2)cc1. The molecule has 36 heavy (non-hydrogen) atoms. The zero-order valence-corrected chi connectivity index (χ0v) is 21.4. The maximum Gasteiger partial charge on any atom is 0.243 e. The third-order valence-electron chi connectivity index (χ3n) is 6.78. The zero-order valence-electron chi connectivity index (χ0n) is 20.6. The van der Waals surface area contributed by atoms with Crippen LogP contribution in [0.2, 0.25) is 0 Å². The van der Waals surface area contributed by atoms with Gasteiger partial charge in [-0.3, -0.25) is 4.90 Å². The lowest BCUT2D eigenvalue weighted by Gasteiger charge is -2.36. The van der Waals surface area contributed by atoms with E-state index in [0.717, 1.165) is 28.1 Å². The Balaban J connectivity index is 1.32. The molecule has 4 aromatic rings. The molecule has 1 saturated heterocycles. The minimum absolute atomic E-state index is 0.0453. The Morgan fingerprint density at radius 1 is 0.861 bits per heavy atom. The van der Waals surface area contributed by atoms with Gasteiger partial charge in [-0.2, -0.15) is 4.31 Å². The Morgan fingerprint density at radius 3 is 2.25 bits per heavy atom. The summed E-state index contributed by atoms with van der Waals surface area (Å²) >= 11 is 0. The first kappa shape index (κ1) is 24.4. The Labute approximate surface area is 212 Å². The lowest BCUT2D eigenvalue weighted by molar-refractivity contribution is 0.141. The number of aryl methyl sites for hydroxylation is 1. The number of aromatic nitrogens is 2. The Morgan fingerprint density at radius 2 is 1.53 bits per heavy atom. The smallest absolute Gasteiger partial charge is 0.243 e. The highest BCUT2D eigenvalue weighted by Crippen LogP contribution is 2.27. The van der Waals surface area contributed by atoms with E-state index in [1.54, 1.807) is 16.4 Å². The number of hydrogen-bond acceptors (Lipinski definition) is 6. The first-order valence-electron chi connectivity index (χ1n) is 12.3. The van der Waals surface area contributed by atoms with Gasteiger partial charge in [0.1, 0.15) is 11.6 Å². The highest BCUT2D eigenvalue weighted by Gasteiger charge is 2.31. The van der Waals surface area contributed by atoms with Crippen LogP contribution in [0.3, 0.4) is 0 Å². The number of para-hydroxylation sites is 1. The number of fused-ring (bicyclic) bond motifs is 1. The second kappa shape index (κ2) is 10.3. The minimum Gasteiger partial charge on any atom is -0.365 e. The molecule has 0 spiro atoms. The number of hydrogen-bond donors (Lipinski definition) is 1. The molecule has 5 rings (SSSR count). The molecule has 1 N–H and O–H groups in total. The molecule has 0 saturated carbocycles. The van der Waals surface area contributed by atoms with Crippen molar-refractivity contribution in [1.29, 1.82) is 0 Å². The molecular weight excluding hydrogens is 470 g/mol. The second-order valence-corrected chi connectivity index (χ2v) is 11.2. The molecule has 0 bridgehead atoms. The van der Waals surface area contributed by atoms with Crippen molar-refractivity contribution in [3.05, 3.63) is 95.8 Å². The van der Waals surface area contributed by atoms with Gasteiger partial charge in [0.05, 0.1) is 16.5 Å². The highest BCUT2D eigenvalue weighted by molar-refractivity contribution is 7.89. The average Bonchev–Trinajstić information content (AvgIpc) is 2.92.